The molecule has 3 rings (SSSR count). The predicted octanol–water partition coefficient (Wildman–Crippen LogP) is 1.64. The molecule has 68 valence electrons. The molecule has 3 nitrogen and oxygen atoms in total. The molecule has 1 aromatic heterocycles. The maximum atomic E-state index is 8.81. The van der Waals surface area contributed by atoms with Gasteiger partial charge in [0.05, 0.1) is 11.6 Å². The van der Waals surface area contributed by atoms with E-state index in [4.69, 9.17) is 5.26 Å². The van der Waals surface area contributed by atoms with E-state index in [9.17, 15) is 0 Å². The topological polar surface area (TPSA) is 51.6 Å². The molecule has 2 aromatic rings. The minimum atomic E-state index is 0.728. The number of nitrogens with one attached hydrogen (secondary N) is 2. The van der Waals surface area contributed by atoms with Crippen molar-refractivity contribution < 1.29 is 0 Å². The molecule has 1 aliphatic rings. The van der Waals surface area contributed by atoms with Crippen LogP contribution in [0.25, 0.3) is 10.9 Å². The van der Waals surface area contributed by atoms with Gasteiger partial charge in [-0.2, -0.15) is 5.26 Å². The van der Waals surface area contributed by atoms with Gasteiger partial charge in [-0.15, -0.1) is 0 Å². The van der Waals surface area contributed by atoms with Gasteiger partial charge in [-0.05, 0) is 23.8 Å². The van der Waals surface area contributed by atoms with Crippen molar-refractivity contribution in [1.29, 1.82) is 5.26 Å². The largest absolute Gasteiger partial charge is 0.357 e. The Bertz CT molecular complexity index is 545. The Morgan fingerprint density at radius 3 is 3.07 bits per heavy atom. The van der Waals surface area contributed by atoms with Gasteiger partial charge in [0.15, 0.2) is 0 Å². The highest BCUT2D eigenvalue weighted by atomic mass is 14.9. The molecule has 0 fully saturated rings. The van der Waals surface area contributed by atoms with Crippen molar-refractivity contribution in [3.05, 3.63) is 35.0 Å². The Morgan fingerprint density at radius 1 is 1.29 bits per heavy atom. The number of nitriles is 1. The summed E-state index contributed by atoms with van der Waals surface area (Å²) in [5, 5.41) is 13.3. The van der Waals surface area contributed by atoms with Crippen LogP contribution in [0.15, 0.2) is 18.2 Å². The summed E-state index contributed by atoms with van der Waals surface area (Å²) in [6.45, 7) is 1.82. The lowest BCUT2D eigenvalue weighted by molar-refractivity contribution is 0.757. The molecule has 0 radical (unpaired) electrons. The van der Waals surface area contributed by atoms with Crippen LogP contribution in [0.1, 0.15) is 16.8 Å². The summed E-state index contributed by atoms with van der Waals surface area (Å²) in [6.07, 6.45) is 0. The van der Waals surface area contributed by atoms with Crippen LogP contribution in [0, 0.1) is 11.3 Å². The average molecular weight is 183 g/mol. The van der Waals surface area contributed by atoms with E-state index in [2.05, 4.69) is 16.4 Å². The highest BCUT2D eigenvalue weighted by molar-refractivity contribution is 5.86. The lowest BCUT2D eigenvalue weighted by Crippen LogP contribution is -2.01. The van der Waals surface area contributed by atoms with Crippen molar-refractivity contribution in [3.63, 3.8) is 0 Å². The molecule has 0 atom stereocenters. The molecule has 2 N–H and O–H groups in total. The summed E-state index contributed by atoms with van der Waals surface area (Å²) in [7, 11) is 0. The number of aromatic amines is 1. The minimum Gasteiger partial charge on any atom is -0.357 e. The molecule has 2 heterocycles. The fourth-order valence-electron chi connectivity index (χ4n) is 2.04. The first kappa shape index (κ1) is 7.60. The van der Waals surface area contributed by atoms with Gasteiger partial charge in [0.1, 0.15) is 0 Å². The molecule has 14 heavy (non-hydrogen) atoms. The summed E-state index contributed by atoms with van der Waals surface area (Å²) in [4.78, 5) is 3.36. The number of nitrogens with zero attached hydrogens (tertiary/aromatic N) is 1. The third-order valence-electron chi connectivity index (χ3n) is 2.73. The Kier molecular flexibility index (Phi) is 1.41. The van der Waals surface area contributed by atoms with Crippen LogP contribution in [0.4, 0.5) is 0 Å². The molecule has 0 amide bonds. The van der Waals surface area contributed by atoms with E-state index >= 15 is 0 Å². The van der Waals surface area contributed by atoms with E-state index in [0.29, 0.717) is 0 Å². The molecular weight excluding hydrogens is 174 g/mol. The van der Waals surface area contributed by atoms with Crippen molar-refractivity contribution in [2.45, 2.75) is 13.1 Å². The van der Waals surface area contributed by atoms with Crippen molar-refractivity contribution in [2.24, 2.45) is 0 Å². The predicted molar refractivity (Wildman–Crippen MR) is 53.6 cm³/mol. The van der Waals surface area contributed by atoms with Crippen LogP contribution in [0.5, 0.6) is 0 Å². The minimum absolute atomic E-state index is 0.728. The van der Waals surface area contributed by atoms with Crippen LogP contribution >= 0.6 is 0 Å². The second-order valence-electron chi connectivity index (χ2n) is 3.56. The smallest absolute Gasteiger partial charge is 0.0991 e. The van der Waals surface area contributed by atoms with E-state index in [-0.39, 0.29) is 0 Å². The van der Waals surface area contributed by atoms with Crippen LogP contribution in [0.2, 0.25) is 0 Å². The number of benzene rings is 1. The lowest BCUT2D eigenvalue weighted by Gasteiger charge is -1.94. The van der Waals surface area contributed by atoms with Crippen LogP contribution in [0.3, 0.4) is 0 Å². The first-order valence-electron chi connectivity index (χ1n) is 4.63. The lowest BCUT2D eigenvalue weighted by atomic mass is 10.1. The Morgan fingerprint density at radius 2 is 2.21 bits per heavy atom. The molecule has 0 aliphatic carbocycles. The second kappa shape index (κ2) is 2.60. The van der Waals surface area contributed by atoms with Crippen LogP contribution < -0.4 is 5.32 Å². The summed E-state index contributed by atoms with van der Waals surface area (Å²) >= 11 is 0. The first-order valence-corrected chi connectivity index (χ1v) is 4.63. The molecule has 1 aliphatic heterocycles. The fourth-order valence-corrected chi connectivity index (χ4v) is 2.04. The second-order valence-corrected chi connectivity index (χ2v) is 3.56. The Balaban J connectivity index is 2.36. The van der Waals surface area contributed by atoms with E-state index in [0.717, 1.165) is 24.2 Å². The molecule has 1 aromatic carbocycles. The van der Waals surface area contributed by atoms with Gasteiger partial charge >= 0.3 is 0 Å². The fraction of sp³-hybridized carbons (Fsp3) is 0.182. The van der Waals surface area contributed by atoms with E-state index in [1.165, 1.54) is 16.6 Å². The zero-order valence-electron chi connectivity index (χ0n) is 7.59. The van der Waals surface area contributed by atoms with Crippen LogP contribution in [-0.2, 0) is 13.1 Å². The number of rotatable bonds is 0. The van der Waals surface area contributed by atoms with E-state index in [1.54, 1.807) is 0 Å². The summed E-state index contributed by atoms with van der Waals surface area (Å²) in [5.74, 6) is 0. The van der Waals surface area contributed by atoms with Gasteiger partial charge in [-0.1, -0.05) is 0 Å². The van der Waals surface area contributed by atoms with Crippen LogP contribution in [-0.4, -0.2) is 4.98 Å². The molecule has 0 spiro atoms. The summed E-state index contributed by atoms with van der Waals surface area (Å²) in [6, 6.07) is 7.95. The molecular formula is C11H9N3. The third-order valence-corrected chi connectivity index (χ3v) is 2.73. The average Bonchev–Trinajstić information content (AvgIpc) is 2.76. The number of aromatic nitrogens is 1. The molecule has 0 unspecified atom stereocenters. The quantitative estimate of drug-likeness (QED) is 0.652. The Hall–Kier alpha value is -1.79. The van der Waals surface area contributed by atoms with Gasteiger partial charge in [-0.3, -0.25) is 0 Å². The number of fused-ring (bicyclic) bond motifs is 3. The van der Waals surface area contributed by atoms with Gasteiger partial charge < -0.3 is 10.3 Å². The standard InChI is InChI=1S/C11H9N3/c12-4-7-1-2-10-8(3-7)9-5-13-6-11(9)14-10/h1-3,13-14H,5-6H2. The van der Waals surface area contributed by atoms with E-state index in [1.807, 2.05) is 18.2 Å². The molecule has 3 heteroatoms. The van der Waals surface area contributed by atoms with Crippen molar-refractivity contribution in [3.8, 4) is 6.07 Å². The van der Waals surface area contributed by atoms with Crippen molar-refractivity contribution in [1.82, 2.24) is 10.3 Å². The Labute approximate surface area is 81.4 Å². The number of H-pyrrole nitrogens is 1. The molecule has 0 saturated heterocycles. The summed E-state index contributed by atoms with van der Waals surface area (Å²) in [5.41, 5.74) is 4.44. The third kappa shape index (κ3) is 0.889. The van der Waals surface area contributed by atoms with E-state index < -0.39 is 0 Å². The van der Waals surface area contributed by atoms with Gasteiger partial charge in [0, 0.05) is 29.7 Å². The maximum Gasteiger partial charge on any atom is 0.0991 e. The van der Waals surface area contributed by atoms with Gasteiger partial charge in [-0.25, -0.2) is 0 Å². The monoisotopic (exact) mass is 183 g/mol. The zero-order valence-corrected chi connectivity index (χ0v) is 7.59. The van der Waals surface area contributed by atoms with Gasteiger partial charge in [0.25, 0.3) is 0 Å². The first-order chi connectivity index (χ1) is 6.88. The highest BCUT2D eigenvalue weighted by Gasteiger charge is 2.15. The van der Waals surface area contributed by atoms with Crippen molar-refractivity contribution in [2.75, 3.05) is 0 Å². The number of hydrogen-bond acceptors (Lipinski definition) is 2. The van der Waals surface area contributed by atoms with Crippen molar-refractivity contribution >= 4 is 10.9 Å². The molecule has 0 saturated carbocycles. The SMILES string of the molecule is N#Cc1ccc2[nH]c3c(c2c1)CNC3. The maximum absolute atomic E-state index is 8.81. The summed E-state index contributed by atoms with van der Waals surface area (Å²) < 4.78 is 0. The normalized spacial score (nSPS) is 14.2. The number of hydrogen-bond donors (Lipinski definition) is 2. The molecule has 0 bridgehead atoms. The zero-order chi connectivity index (χ0) is 9.54. The van der Waals surface area contributed by atoms with Gasteiger partial charge in [0.2, 0.25) is 0 Å². The highest BCUT2D eigenvalue weighted by Crippen LogP contribution is 2.26.